The molecule has 164 valence electrons. The monoisotopic (exact) mass is 402 g/mol. The van der Waals surface area contributed by atoms with Crippen molar-refractivity contribution in [3.8, 4) is 0 Å². The first-order valence-electron chi connectivity index (χ1n) is 11.1. The van der Waals surface area contributed by atoms with Gasteiger partial charge in [0.05, 0.1) is 0 Å². The van der Waals surface area contributed by atoms with Crippen molar-refractivity contribution in [3.05, 3.63) is 35.9 Å². The topological polar surface area (TPSA) is 32.8 Å². The summed E-state index contributed by atoms with van der Waals surface area (Å²) >= 11 is 0. The van der Waals surface area contributed by atoms with Crippen molar-refractivity contribution in [1.82, 2.24) is 9.80 Å². The van der Waals surface area contributed by atoms with Crippen LogP contribution in [0.15, 0.2) is 30.3 Å². The first-order chi connectivity index (χ1) is 13.5. The first-order valence-corrected chi connectivity index (χ1v) is 11.1. The number of piperidine rings is 1. The standard InChI is InChI=1S/C17H25NO2.C8H17N/c1-17(2,3)15-9-11-18(12-10-15)16(19)20-13-14-7-5-4-6-8-14;1-8(2,3)7-5-9(4)6-7/h4-8,15H,9-13H2,1-3H3;7H,5-6H2,1-4H3. The number of hydrogen-bond donors (Lipinski definition) is 0. The third-order valence-corrected chi connectivity index (χ3v) is 6.47. The predicted octanol–water partition coefficient (Wildman–Crippen LogP) is 5.68. The Bertz CT molecular complexity index is 616. The Labute approximate surface area is 178 Å². The molecule has 29 heavy (non-hydrogen) atoms. The van der Waals surface area contributed by atoms with E-state index in [2.05, 4.69) is 53.5 Å². The molecule has 0 aromatic heterocycles. The van der Waals surface area contributed by atoms with Gasteiger partial charge in [-0.25, -0.2) is 4.79 Å². The van der Waals surface area contributed by atoms with Crippen LogP contribution in [0.4, 0.5) is 4.79 Å². The first kappa shape index (κ1) is 23.7. The van der Waals surface area contributed by atoms with Crippen LogP contribution in [0.25, 0.3) is 0 Å². The molecule has 2 aliphatic rings. The summed E-state index contributed by atoms with van der Waals surface area (Å²) < 4.78 is 5.38. The van der Waals surface area contributed by atoms with Gasteiger partial charge in [-0.15, -0.1) is 0 Å². The summed E-state index contributed by atoms with van der Waals surface area (Å²) in [5.74, 6) is 1.63. The molecular weight excluding hydrogens is 360 g/mol. The summed E-state index contributed by atoms with van der Waals surface area (Å²) in [5.41, 5.74) is 1.90. The minimum Gasteiger partial charge on any atom is -0.445 e. The van der Waals surface area contributed by atoms with Crippen LogP contribution < -0.4 is 0 Å². The minimum atomic E-state index is -0.179. The van der Waals surface area contributed by atoms with E-state index in [0.717, 1.165) is 37.4 Å². The maximum Gasteiger partial charge on any atom is 0.410 e. The van der Waals surface area contributed by atoms with Gasteiger partial charge >= 0.3 is 6.09 Å². The van der Waals surface area contributed by atoms with Crippen molar-refractivity contribution in [2.45, 2.75) is 61.0 Å². The quantitative estimate of drug-likeness (QED) is 0.638. The van der Waals surface area contributed by atoms with Crippen LogP contribution >= 0.6 is 0 Å². The summed E-state index contributed by atoms with van der Waals surface area (Å²) in [6.45, 7) is 18.4. The van der Waals surface area contributed by atoms with E-state index < -0.39 is 0 Å². The van der Waals surface area contributed by atoms with Gasteiger partial charge in [-0.1, -0.05) is 71.9 Å². The predicted molar refractivity (Wildman–Crippen MR) is 121 cm³/mol. The lowest BCUT2D eigenvalue weighted by molar-refractivity contribution is 0.0459. The highest BCUT2D eigenvalue weighted by Crippen LogP contribution is 2.34. The van der Waals surface area contributed by atoms with Crippen LogP contribution in [0.5, 0.6) is 0 Å². The lowest BCUT2D eigenvalue weighted by Crippen LogP contribution is -2.49. The normalized spacial score (nSPS) is 19.2. The molecule has 4 nitrogen and oxygen atoms in total. The van der Waals surface area contributed by atoms with Gasteiger partial charge in [-0.05, 0) is 48.1 Å². The molecule has 1 aromatic carbocycles. The lowest BCUT2D eigenvalue weighted by Gasteiger charge is -2.44. The van der Waals surface area contributed by atoms with Crippen LogP contribution in [-0.2, 0) is 11.3 Å². The Morgan fingerprint density at radius 2 is 1.45 bits per heavy atom. The second kappa shape index (κ2) is 9.97. The maximum atomic E-state index is 12.0. The van der Waals surface area contributed by atoms with Crippen molar-refractivity contribution in [2.24, 2.45) is 22.7 Å². The molecule has 3 rings (SSSR count). The molecule has 2 saturated heterocycles. The zero-order valence-electron chi connectivity index (χ0n) is 19.7. The highest BCUT2D eigenvalue weighted by Gasteiger charge is 2.33. The molecule has 4 heteroatoms. The Kier molecular flexibility index (Phi) is 8.16. The summed E-state index contributed by atoms with van der Waals surface area (Å²) in [7, 11) is 2.18. The Hall–Kier alpha value is -1.55. The van der Waals surface area contributed by atoms with Crippen LogP contribution in [0.1, 0.15) is 59.9 Å². The number of nitrogens with zero attached hydrogens (tertiary/aromatic N) is 2. The SMILES string of the molecule is CC(C)(C)C1CCN(C(=O)OCc2ccccc2)CC1.CN1CC(C(C)(C)C)C1. The number of likely N-dealkylation sites (tertiary alicyclic amines) is 2. The molecule has 0 spiro atoms. The molecule has 0 atom stereocenters. The van der Waals surface area contributed by atoms with Gasteiger partial charge in [0.2, 0.25) is 0 Å². The number of hydrogen-bond acceptors (Lipinski definition) is 3. The van der Waals surface area contributed by atoms with E-state index in [1.165, 1.54) is 13.1 Å². The van der Waals surface area contributed by atoms with Gasteiger partial charge < -0.3 is 14.5 Å². The van der Waals surface area contributed by atoms with Gasteiger partial charge in [0.15, 0.2) is 0 Å². The summed E-state index contributed by atoms with van der Waals surface area (Å²) in [6, 6.07) is 9.82. The molecule has 1 aromatic rings. The molecule has 2 aliphatic heterocycles. The lowest BCUT2D eigenvalue weighted by atomic mass is 9.75. The second-order valence-corrected chi connectivity index (χ2v) is 11.0. The zero-order valence-corrected chi connectivity index (χ0v) is 19.7. The number of benzene rings is 1. The average Bonchev–Trinajstić information content (AvgIpc) is 2.63. The third kappa shape index (κ3) is 7.65. The number of rotatable bonds is 2. The second-order valence-electron chi connectivity index (χ2n) is 11.0. The summed E-state index contributed by atoms with van der Waals surface area (Å²) in [5, 5.41) is 0. The summed E-state index contributed by atoms with van der Waals surface area (Å²) in [4.78, 5) is 16.2. The van der Waals surface area contributed by atoms with Crippen molar-refractivity contribution < 1.29 is 9.53 Å². The molecule has 0 radical (unpaired) electrons. The molecule has 0 saturated carbocycles. The number of carbonyl (C=O) groups is 1. The highest BCUT2D eigenvalue weighted by atomic mass is 16.6. The Balaban J connectivity index is 0.000000278. The molecule has 0 unspecified atom stereocenters. The third-order valence-electron chi connectivity index (χ3n) is 6.47. The Morgan fingerprint density at radius 3 is 1.86 bits per heavy atom. The molecule has 0 N–H and O–H groups in total. The van der Waals surface area contributed by atoms with Gasteiger partial charge in [-0.3, -0.25) is 0 Å². The van der Waals surface area contributed by atoms with Gasteiger partial charge in [0.1, 0.15) is 6.61 Å². The van der Waals surface area contributed by atoms with Gasteiger partial charge in [0, 0.05) is 26.2 Å². The van der Waals surface area contributed by atoms with E-state index in [0.29, 0.717) is 23.4 Å². The van der Waals surface area contributed by atoms with Crippen LogP contribution in [0, 0.1) is 22.7 Å². The van der Waals surface area contributed by atoms with Crippen LogP contribution in [0.3, 0.4) is 0 Å². The van der Waals surface area contributed by atoms with Crippen LogP contribution in [0.2, 0.25) is 0 Å². The smallest absolute Gasteiger partial charge is 0.410 e. The van der Waals surface area contributed by atoms with E-state index in [4.69, 9.17) is 4.74 Å². The molecule has 2 heterocycles. The van der Waals surface area contributed by atoms with Crippen molar-refractivity contribution in [3.63, 3.8) is 0 Å². The molecule has 0 bridgehead atoms. The van der Waals surface area contributed by atoms with E-state index in [1.54, 1.807) is 0 Å². The molecule has 2 fully saturated rings. The number of ether oxygens (including phenoxy) is 1. The molecule has 1 amide bonds. The summed E-state index contributed by atoms with van der Waals surface area (Å²) in [6.07, 6.45) is 1.97. The van der Waals surface area contributed by atoms with Gasteiger partial charge in [0.25, 0.3) is 0 Å². The molecule has 0 aliphatic carbocycles. The van der Waals surface area contributed by atoms with Crippen molar-refractivity contribution in [2.75, 3.05) is 33.2 Å². The average molecular weight is 403 g/mol. The maximum absolute atomic E-state index is 12.0. The van der Waals surface area contributed by atoms with E-state index in [1.807, 2.05) is 35.2 Å². The van der Waals surface area contributed by atoms with Crippen molar-refractivity contribution in [1.29, 1.82) is 0 Å². The largest absolute Gasteiger partial charge is 0.445 e. The Morgan fingerprint density at radius 1 is 0.931 bits per heavy atom. The van der Waals surface area contributed by atoms with Gasteiger partial charge in [-0.2, -0.15) is 0 Å². The minimum absolute atomic E-state index is 0.179. The number of amides is 1. The van der Waals surface area contributed by atoms with E-state index in [-0.39, 0.29) is 6.09 Å². The van der Waals surface area contributed by atoms with E-state index >= 15 is 0 Å². The molecular formula is C25H42N2O2. The zero-order chi connectivity index (χ0) is 21.7. The van der Waals surface area contributed by atoms with E-state index in [9.17, 15) is 4.79 Å². The fourth-order valence-electron chi connectivity index (χ4n) is 3.99. The highest BCUT2D eigenvalue weighted by molar-refractivity contribution is 5.67. The number of carbonyl (C=O) groups excluding carboxylic acids is 1. The fourth-order valence-corrected chi connectivity index (χ4v) is 3.99. The van der Waals surface area contributed by atoms with Crippen molar-refractivity contribution >= 4 is 6.09 Å². The fraction of sp³-hybridized carbons (Fsp3) is 0.720. The van der Waals surface area contributed by atoms with Crippen LogP contribution in [-0.4, -0.2) is 49.1 Å².